The van der Waals surface area contributed by atoms with E-state index in [0.29, 0.717) is 6.61 Å². The van der Waals surface area contributed by atoms with Crippen molar-refractivity contribution in [3.63, 3.8) is 0 Å². The first-order valence-electron chi connectivity index (χ1n) is 5.66. The van der Waals surface area contributed by atoms with Crippen molar-refractivity contribution in [1.29, 1.82) is 0 Å². The van der Waals surface area contributed by atoms with Crippen LogP contribution in [-0.4, -0.2) is 26.3 Å². The molecule has 0 radical (unpaired) electrons. The molecule has 0 aromatic heterocycles. The maximum absolute atomic E-state index is 10.8. The molecule has 94 valence electrons. The number of carbonyl (C=O) groups is 1. The zero-order valence-electron chi connectivity index (χ0n) is 10.3. The highest BCUT2D eigenvalue weighted by Crippen LogP contribution is 2.12. The number of benzene rings is 1. The van der Waals surface area contributed by atoms with E-state index in [1.165, 1.54) is 12.7 Å². The lowest BCUT2D eigenvalue weighted by Crippen LogP contribution is -2.20. The Bertz CT molecular complexity index is 348. The summed E-state index contributed by atoms with van der Waals surface area (Å²) < 4.78 is 9.62. The van der Waals surface area contributed by atoms with Crippen LogP contribution in [0.15, 0.2) is 24.3 Å². The van der Waals surface area contributed by atoms with Crippen molar-refractivity contribution in [1.82, 2.24) is 0 Å². The number of methoxy groups -OCH3 is 1. The Labute approximate surface area is 102 Å². The van der Waals surface area contributed by atoms with Crippen molar-refractivity contribution >= 4 is 5.97 Å². The molecule has 4 nitrogen and oxygen atoms in total. The van der Waals surface area contributed by atoms with Gasteiger partial charge in [-0.3, -0.25) is 0 Å². The van der Waals surface area contributed by atoms with E-state index in [9.17, 15) is 4.79 Å². The van der Waals surface area contributed by atoms with Gasteiger partial charge >= 0.3 is 5.97 Å². The first kappa shape index (κ1) is 13.7. The van der Waals surface area contributed by atoms with Crippen LogP contribution in [-0.2, 0) is 20.7 Å². The lowest BCUT2D eigenvalue weighted by atomic mass is 10.1. The van der Waals surface area contributed by atoms with Crippen LogP contribution in [0, 0.1) is 0 Å². The molecule has 0 aliphatic rings. The summed E-state index contributed by atoms with van der Waals surface area (Å²) in [6, 6.07) is 7.87. The third-order valence-corrected chi connectivity index (χ3v) is 2.56. The summed E-state index contributed by atoms with van der Waals surface area (Å²) in [5.74, 6) is -0.390. The molecular formula is C13H19NO3. The van der Waals surface area contributed by atoms with Crippen LogP contribution in [0.4, 0.5) is 0 Å². The van der Waals surface area contributed by atoms with Gasteiger partial charge in [0.05, 0.1) is 19.8 Å². The quantitative estimate of drug-likeness (QED) is 0.760. The third kappa shape index (κ3) is 4.54. The van der Waals surface area contributed by atoms with Crippen molar-refractivity contribution < 1.29 is 14.3 Å². The van der Waals surface area contributed by atoms with Crippen LogP contribution in [0.1, 0.15) is 24.1 Å². The van der Waals surface area contributed by atoms with Gasteiger partial charge in [-0.25, -0.2) is 4.79 Å². The van der Waals surface area contributed by atoms with Gasteiger partial charge in [0.15, 0.2) is 0 Å². The van der Waals surface area contributed by atoms with Crippen molar-refractivity contribution in [2.24, 2.45) is 5.73 Å². The number of rotatable bonds is 6. The summed E-state index contributed by atoms with van der Waals surface area (Å²) >= 11 is 0. The third-order valence-electron chi connectivity index (χ3n) is 2.56. The molecule has 0 amide bonds. The fraction of sp³-hybridized carbons (Fsp3) is 0.462. The monoisotopic (exact) mass is 237 g/mol. The van der Waals surface area contributed by atoms with Gasteiger partial charge in [-0.2, -0.15) is 0 Å². The average molecular weight is 237 g/mol. The van der Waals surface area contributed by atoms with E-state index < -0.39 is 5.97 Å². The Morgan fingerprint density at radius 2 is 2.00 bits per heavy atom. The molecule has 17 heavy (non-hydrogen) atoms. The molecule has 0 aliphatic carbocycles. The fourth-order valence-corrected chi connectivity index (χ4v) is 1.42. The topological polar surface area (TPSA) is 61.5 Å². The van der Waals surface area contributed by atoms with Gasteiger partial charge in [-0.15, -0.1) is 0 Å². The molecule has 4 heteroatoms. The van der Waals surface area contributed by atoms with E-state index in [2.05, 4.69) is 23.8 Å². The number of aryl methyl sites for hydroxylation is 1. The molecule has 1 rings (SSSR count). The number of hydrogen-bond donors (Lipinski definition) is 1. The predicted molar refractivity (Wildman–Crippen MR) is 65.6 cm³/mol. The largest absolute Gasteiger partial charge is 0.467 e. The van der Waals surface area contributed by atoms with Crippen molar-refractivity contribution in [3.8, 4) is 0 Å². The van der Waals surface area contributed by atoms with Gasteiger partial charge in [-0.1, -0.05) is 31.2 Å². The molecule has 0 fully saturated rings. The van der Waals surface area contributed by atoms with E-state index in [1.807, 2.05) is 12.1 Å². The zero-order chi connectivity index (χ0) is 12.7. The van der Waals surface area contributed by atoms with E-state index >= 15 is 0 Å². The van der Waals surface area contributed by atoms with Crippen LogP contribution in [0.25, 0.3) is 0 Å². The summed E-state index contributed by atoms with van der Waals surface area (Å²) in [6.07, 6.45) is 1.01. The van der Waals surface area contributed by atoms with Gasteiger partial charge in [-0.05, 0) is 17.5 Å². The second-order valence-electron chi connectivity index (χ2n) is 3.79. The molecule has 2 N–H and O–H groups in total. The smallest absolute Gasteiger partial charge is 0.331 e. The van der Waals surface area contributed by atoms with Gasteiger partial charge in [0.1, 0.15) is 6.61 Å². The zero-order valence-corrected chi connectivity index (χ0v) is 10.3. The standard InChI is InChI=1S/C13H19NO3/c1-3-10-4-6-11(7-5-10)12(14)8-17-9-13(15)16-2/h4-7,12H,3,8-9,14H2,1-2H3. The highest BCUT2D eigenvalue weighted by atomic mass is 16.6. The van der Waals surface area contributed by atoms with Crippen molar-refractivity contribution in [3.05, 3.63) is 35.4 Å². The molecular weight excluding hydrogens is 218 g/mol. The molecule has 1 aromatic carbocycles. The summed E-state index contributed by atoms with van der Waals surface area (Å²) in [7, 11) is 1.33. The molecule has 0 saturated heterocycles. The normalized spacial score (nSPS) is 12.2. The van der Waals surface area contributed by atoms with Crippen LogP contribution in [0.2, 0.25) is 0 Å². The average Bonchev–Trinajstić information content (AvgIpc) is 2.38. The summed E-state index contributed by atoms with van der Waals surface area (Å²) in [5, 5.41) is 0. The molecule has 0 spiro atoms. The first-order valence-corrected chi connectivity index (χ1v) is 5.66. The highest BCUT2D eigenvalue weighted by molar-refractivity contribution is 5.70. The Balaban J connectivity index is 2.40. The maximum atomic E-state index is 10.8. The molecule has 0 bridgehead atoms. The van der Waals surface area contributed by atoms with Gasteiger partial charge in [0, 0.05) is 0 Å². The molecule has 0 saturated carbocycles. The maximum Gasteiger partial charge on any atom is 0.331 e. The summed E-state index contributed by atoms with van der Waals surface area (Å²) in [5.41, 5.74) is 8.22. The predicted octanol–water partition coefficient (Wildman–Crippen LogP) is 1.44. The minimum Gasteiger partial charge on any atom is -0.467 e. The second-order valence-corrected chi connectivity index (χ2v) is 3.79. The van der Waals surface area contributed by atoms with Crippen molar-refractivity contribution in [2.75, 3.05) is 20.3 Å². The van der Waals surface area contributed by atoms with Crippen molar-refractivity contribution in [2.45, 2.75) is 19.4 Å². The number of nitrogens with two attached hydrogens (primary N) is 1. The van der Waals surface area contributed by atoms with E-state index in [1.54, 1.807) is 0 Å². The fourth-order valence-electron chi connectivity index (χ4n) is 1.42. The highest BCUT2D eigenvalue weighted by Gasteiger charge is 2.07. The molecule has 1 unspecified atom stereocenters. The molecule has 0 aliphatic heterocycles. The number of carbonyl (C=O) groups excluding carboxylic acids is 1. The van der Waals surface area contributed by atoms with Gasteiger partial charge < -0.3 is 15.2 Å². The number of ether oxygens (including phenoxy) is 2. The Kier molecular flexibility index (Phi) is 5.66. The first-order chi connectivity index (χ1) is 8.17. The Morgan fingerprint density at radius 3 is 2.53 bits per heavy atom. The minimum absolute atomic E-state index is 0.0583. The van der Waals surface area contributed by atoms with Crippen LogP contribution < -0.4 is 5.73 Å². The Morgan fingerprint density at radius 1 is 1.35 bits per heavy atom. The van der Waals surface area contributed by atoms with Crippen LogP contribution >= 0.6 is 0 Å². The SMILES string of the molecule is CCc1ccc(C(N)COCC(=O)OC)cc1. The second kappa shape index (κ2) is 7.04. The lowest BCUT2D eigenvalue weighted by Gasteiger charge is -2.12. The Hall–Kier alpha value is -1.39. The molecule has 0 heterocycles. The van der Waals surface area contributed by atoms with Gasteiger partial charge in [0.25, 0.3) is 0 Å². The van der Waals surface area contributed by atoms with E-state index in [4.69, 9.17) is 10.5 Å². The summed E-state index contributed by atoms with van der Waals surface area (Å²) in [6.45, 7) is 2.35. The number of esters is 1. The van der Waals surface area contributed by atoms with Gasteiger partial charge in [0.2, 0.25) is 0 Å². The minimum atomic E-state index is -0.390. The summed E-state index contributed by atoms with van der Waals surface area (Å²) in [4.78, 5) is 10.8. The van der Waals surface area contributed by atoms with Crippen LogP contribution in [0.3, 0.4) is 0 Å². The number of hydrogen-bond acceptors (Lipinski definition) is 4. The van der Waals surface area contributed by atoms with Crippen LogP contribution in [0.5, 0.6) is 0 Å². The van der Waals surface area contributed by atoms with E-state index in [-0.39, 0.29) is 12.6 Å². The lowest BCUT2D eigenvalue weighted by molar-refractivity contribution is -0.146. The molecule has 1 atom stereocenters. The van der Waals surface area contributed by atoms with E-state index in [0.717, 1.165) is 12.0 Å². The molecule has 1 aromatic rings.